The average Bonchev–Trinajstić information content (AvgIpc) is 2.22. The van der Waals surface area contributed by atoms with Gasteiger partial charge >= 0.3 is 5.97 Å². The molecule has 0 N–H and O–H groups in total. The Morgan fingerprint density at radius 2 is 2.00 bits per heavy atom. The standard InChI is InChI=1S/C11H18O4/c1-3-15-10(13)11(8-14-2)6-4-9(12)5-7-11/h3-8H2,1-2H3. The third kappa shape index (κ3) is 2.78. The topological polar surface area (TPSA) is 52.6 Å². The van der Waals surface area contributed by atoms with Crippen molar-refractivity contribution >= 4 is 11.8 Å². The van der Waals surface area contributed by atoms with Gasteiger partial charge in [0.05, 0.1) is 18.6 Å². The molecular formula is C11H18O4. The van der Waals surface area contributed by atoms with E-state index < -0.39 is 5.41 Å². The van der Waals surface area contributed by atoms with Gasteiger partial charge in [-0.25, -0.2) is 0 Å². The van der Waals surface area contributed by atoms with Gasteiger partial charge in [-0.3, -0.25) is 9.59 Å². The molecule has 0 heterocycles. The largest absolute Gasteiger partial charge is 0.465 e. The number of rotatable bonds is 4. The van der Waals surface area contributed by atoms with Gasteiger partial charge in [0.1, 0.15) is 5.78 Å². The molecule has 1 fully saturated rings. The maximum absolute atomic E-state index is 11.8. The van der Waals surface area contributed by atoms with Gasteiger partial charge in [-0.15, -0.1) is 0 Å². The summed E-state index contributed by atoms with van der Waals surface area (Å²) in [6.07, 6.45) is 2.03. The van der Waals surface area contributed by atoms with Gasteiger partial charge in [-0.1, -0.05) is 0 Å². The van der Waals surface area contributed by atoms with Crippen molar-refractivity contribution in [1.82, 2.24) is 0 Å². The summed E-state index contributed by atoms with van der Waals surface area (Å²) in [4.78, 5) is 22.9. The predicted octanol–water partition coefficient (Wildman–Crippen LogP) is 1.33. The van der Waals surface area contributed by atoms with E-state index >= 15 is 0 Å². The van der Waals surface area contributed by atoms with Crippen LogP contribution in [0.15, 0.2) is 0 Å². The van der Waals surface area contributed by atoms with Crippen molar-refractivity contribution in [3.8, 4) is 0 Å². The molecule has 86 valence electrons. The van der Waals surface area contributed by atoms with Crippen molar-refractivity contribution in [2.75, 3.05) is 20.3 Å². The lowest BCUT2D eigenvalue weighted by Gasteiger charge is -2.33. The first-order valence-electron chi connectivity index (χ1n) is 5.32. The molecule has 1 saturated carbocycles. The average molecular weight is 214 g/mol. The number of hydrogen-bond acceptors (Lipinski definition) is 4. The molecule has 0 radical (unpaired) electrons. The van der Waals surface area contributed by atoms with Gasteiger partial charge in [-0.2, -0.15) is 0 Å². The molecule has 0 aliphatic heterocycles. The Morgan fingerprint density at radius 3 is 2.47 bits per heavy atom. The van der Waals surface area contributed by atoms with Crippen molar-refractivity contribution in [1.29, 1.82) is 0 Å². The van der Waals surface area contributed by atoms with Crippen LogP contribution in [0.25, 0.3) is 0 Å². The highest BCUT2D eigenvalue weighted by atomic mass is 16.5. The lowest BCUT2D eigenvalue weighted by atomic mass is 9.74. The summed E-state index contributed by atoms with van der Waals surface area (Å²) < 4.78 is 10.1. The molecule has 0 atom stereocenters. The van der Waals surface area contributed by atoms with Crippen LogP contribution in [0, 0.1) is 5.41 Å². The van der Waals surface area contributed by atoms with E-state index in [0.717, 1.165) is 0 Å². The van der Waals surface area contributed by atoms with Crippen LogP contribution in [0.3, 0.4) is 0 Å². The van der Waals surface area contributed by atoms with Gasteiger partial charge in [0.15, 0.2) is 0 Å². The number of Topliss-reactive ketones (excluding diaryl/α,β-unsaturated/α-hetero) is 1. The fraction of sp³-hybridized carbons (Fsp3) is 0.818. The maximum Gasteiger partial charge on any atom is 0.314 e. The molecule has 0 aromatic heterocycles. The number of hydrogen-bond donors (Lipinski definition) is 0. The first-order valence-corrected chi connectivity index (χ1v) is 5.32. The van der Waals surface area contributed by atoms with Crippen LogP contribution in [-0.4, -0.2) is 32.1 Å². The Morgan fingerprint density at radius 1 is 1.40 bits per heavy atom. The summed E-state index contributed by atoms with van der Waals surface area (Å²) in [5.74, 6) is 0.00498. The number of methoxy groups -OCH3 is 1. The van der Waals surface area contributed by atoms with E-state index in [1.54, 1.807) is 14.0 Å². The first-order chi connectivity index (χ1) is 7.14. The summed E-state index contributed by atoms with van der Waals surface area (Å²) in [5.41, 5.74) is -0.585. The summed E-state index contributed by atoms with van der Waals surface area (Å²) in [6, 6.07) is 0. The van der Waals surface area contributed by atoms with E-state index in [-0.39, 0.29) is 11.8 Å². The van der Waals surface area contributed by atoms with Crippen LogP contribution in [0.1, 0.15) is 32.6 Å². The quantitative estimate of drug-likeness (QED) is 0.662. The molecular weight excluding hydrogens is 196 g/mol. The van der Waals surface area contributed by atoms with Crippen molar-refractivity contribution < 1.29 is 19.1 Å². The molecule has 1 aliphatic rings. The van der Waals surface area contributed by atoms with Gasteiger partial charge in [0, 0.05) is 20.0 Å². The lowest BCUT2D eigenvalue weighted by Crippen LogP contribution is -2.40. The predicted molar refractivity (Wildman–Crippen MR) is 54.4 cm³/mol. The van der Waals surface area contributed by atoms with Crippen LogP contribution in [0.5, 0.6) is 0 Å². The van der Waals surface area contributed by atoms with E-state index in [0.29, 0.717) is 38.9 Å². The molecule has 0 unspecified atom stereocenters. The molecule has 4 nitrogen and oxygen atoms in total. The second kappa shape index (κ2) is 5.26. The number of ketones is 1. The van der Waals surface area contributed by atoms with Crippen molar-refractivity contribution in [2.45, 2.75) is 32.6 Å². The zero-order valence-corrected chi connectivity index (χ0v) is 9.38. The van der Waals surface area contributed by atoms with Crippen LogP contribution in [0.2, 0.25) is 0 Å². The molecule has 4 heteroatoms. The van der Waals surface area contributed by atoms with Crippen LogP contribution >= 0.6 is 0 Å². The van der Waals surface area contributed by atoms with Crippen molar-refractivity contribution in [2.24, 2.45) is 5.41 Å². The van der Waals surface area contributed by atoms with Crippen LogP contribution in [0.4, 0.5) is 0 Å². The first kappa shape index (κ1) is 12.2. The smallest absolute Gasteiger partial charge is 0.314 e. The fourth-order valence-corrected chi connectivity index (χ4v) is 1.98. The van der Waals surface area contributed by atoms with E-state index in [2.05, 4.69) is 0 Å². The van der Waals surface area contributed by atoms with Gasteiger partial charge < -0.3 is 9.47 Å². The third-order valence-corrected chi connectivity index (χ3v) is 2.89. The molecule has 0 aromatic rings. The summed E-state index contributed by atoms with van der Waals surface area (Å²) in [5, 5.41) is 0. The van der Waals surface area contributed by atoms with Crippen LogP contribution < -0.4 is 0 Å². The number of carbonyl (C=O) groups excluding carboxylic acids is 2. The lowest BCUT2D eigenvalue weighted by molar-refractivity contribution is -0.162. The van der Waals surface area contributed by atoms with E-state index in [1.807, 2.05) is 0 Å². The summed E-state index contributed by atoms with van der Waals surface area (Å²) in [6.45, 7) is 2.50. The van der Waals surface area contributed by atoms with Crippen molar-refractivity contribution in [3.63, 3.8) is 0 Å². The monoisotopic (exact) mass is 214 g/mol. The van der Waals surface area contributed by atoms with E-state index in [1.165, 1.54) is 0 Å². The molecule has 15 heavy (non-hydrogen) atoms. The minimum Gasteiger partial charge on any atom is -0.465 e. The van der Waals surface area contributed by atoms with Gasteiger partial charge in [0.2, 0.25) is 0 Å². The molecule has 0 saturated heterocycles. The fourth-order valence-electron chi connectivity index (χ4n) is 1.98. The Kier molecular flexibility index (Phi) is 4.27. The number of carbonyl (C=O) groups is 2. The number of esters is 1. The molecule has 0 amide bonds. The van der Waals surface area contributed by atoms with E-state index in [4.69, 9.17) is 9.47 Å². The van der Waals surface area contributed by atoms with Gasteiger partial charge in [-0.05, 0) is 19.8 Å². The molecule has 0 spiro atoms. The number of ether oxygens (including phenoxy) is 2. The molecule has 1 aliphatic carbocycles. The SMILES string of the molecule is CCOC(=O)C1(COC)CCC(=O)CC1. The molecule has 1 rings (SSSR count). The normalized spacial score (nSPS) is 20.0. The minimum absolute atomic E-state index is 0.223. The minimum atomic E-state index is -0.585. The molecule has 0 bridgehead atoms. The molecule has 0 aromatic carbocycles. The zero-order valence-electron chi connectivity index (χ0n) is 9.38. The second-order valence-corrected chi connectivity index (χ2v) is 3.97. The maximum atomic E-state index is 11.8. The highest BCUT2D eigenvalue weighted by Gasteiger charge is 2.42. The summed E-state index contributed by atoms with van der Waals surface area (Å²) >= 11 is 0. The summed E-state index contributed by atoms with van der Waals surface area (Å²) in [7, 11) is 1.57. The Labute approximate surface area is 89.9 Å². The Hall–Kier alpha value is -0.900. The van der Waals surface area contributed by atoms with Gasteiger partial charge in [0.25, 0.3) is 0 Å². The highest BCUT2D eigenvalue weighted by Crippen LogP contribution is 2.36. The third-order valence-electron chi connectivity index (χ3n) is 2.89. The van der Waals surface area contributed by atoms with E-state index in [9.17, 15) is 9.59 Å². The van der Waals surface area contributed by atoms with Crippen LogP contribution in [-0.2, 0) is 19.1 Å². The zero-order chi connectivity index (χ0) is 11.3. The Bertz CT molecular complexity index is 237. The Balaban J connectivity index is 2.69. The van der Waals surface area contributed by atoms with Crippen molar-refractivity contribution in [3.05, 3.63) is 0 Å². The second-order valence-electron chi connectivity index (χ2n) is 3.97. The highest BCUT2D eigenvalue weighted by molar-refractivity contribution is 5.84.